The van der Waals surface area contributed by atoms with Crippen LogP contribution >= 0.6 is 11.8 Å². The molecule has 1 aliphatic rings. The van der Waals surface area contributed by atoms with Gasteiger partial charge in [-0.1, -0.05) is 90.5 Å². The summed E-state index contributed by atoms with van der Waals surface area (Å²) in [5.74, 6) is -0.488. The number of hydrogen-bond acceptors (Lipinski definition) is 7. The topological polar surface area (TPSA) is 113 Å². The number of nitriles is 1. The molecule has 0 spiro atoms. The van der Waals surface area contributed by atoms with Crippen molar-refractivity contribution in [1.82, 2.24) is 0 Å². The van der Waals surface area contributed by atoms with Crippen LogP contribution in [-0.4, -0.2) is 10.7 Å². The lowest BCUT2D eigenvalue weighted by Crippen LogP contribution is -2.36. The first kappa shape index (κ1) is 27.4. The summed E-state index contributed by atoms with van der Waals surface area (Å²) in [7, 11) is 0. The van der Waals surface area contributed by atoms with Crippen molar-refractivity contribution in [3.63, 3.8) is 0 Å². The molecule has 1 heterocycles. The van der Waals surface area contributed by atoms with Crippen LogP contribution in [0.4, 0.5) is 11.4 Å². The largest absolute Gasteiger partial charge is 0.384 e. The molecule has 0 fully saturated rings. The third-order valence-electron chi connectivity index (χ3n) is 6.85. The predicted molar refractivity (Wildman–Crippen MR) is 162 cm³/mol. The number of thioether (sulfide) groups is 1. The van der Waals surface area contributed by atoms with Crippen molar-refractivity contribution in [1.29, 1.82) is 5.26 Å². The van der Waals surface area contributed by atoms with Crippen LogP contribution in [0, 0.1) is 28.4 Å². The molecule has 202 valence electrons. The highest BCUT2D eigenvalue weighted by Gasteiger charge is 2.40. The van der Waals surface area contributed by atoms with Gasteiger partial charge in [-0.15, -0.1) is 11.8 Å². The first-order chi connectivity index (χ1) is 19.9. The minimum atomic E-state index is -0.910. The third-order valence-corrected chi connectivity index (χ3v) is 8.01. The van der Waals surface area contributed by atoms with Crippen LogP contribution in [0.5, 0.6) is 0 Å². The van der Waals surface area contributed by atoms with Gasteiger partial charge >= 0.3 is 0 Å². The number of carbonyl (C=O) groups excluding carboxylic acids is 1. The summed E-state index contributed by atoms with van der Waals surface area (Å²) in [4.78, 5) is 27.4. The second-order valence-corrected chi connectivity index (χ2v) is 10.5. The van der Waals surface area contributed by atoms with Gasteiger partial charge in [-0.05, 0) is 30.2 Å². The molecule has 1 aliphatic heterocycles. The van der Waals surface area contributed by atoms with Gasteiger partial charge in [0.25, 0.3) is 5.69 Å². The smallest absolute Gasteiger partial charge is 0.269 e. The first-order valence-electron chi connectivity index (χ1n) is 12.9. The maximum absolute atomic E-state index is 14.5. The Morgan fingerprint density at radius 3 is 2.27 bits per heavy atom. The van der Waals surface area contributed by atoms with E-state index in [1.165, 1.54) is 23.9 Å². The average molecular weight is 559 g/mol. The van der Waals surface area contributed by atoms with E-state index in [-0.39, 0.29) is 22.9 Å². The van der Waals surface area contributed by atoms with Gasteiger partial charge < -0.3 is 5.73 Å². The maximum Gasteiger partial charge on any atom is 0.269 e. The number of anilines is 1. The monoisotopic (exact) mass is 558 g/mol. The summed E-state index contributed by atoms with van der Waals surface area (Å²) in [6.07, 6.45) is 0. The molecular formula is C33H26N4O3S. The van der Waals surface area contributed by atoms with Crippen LogP contribution in [0.1, 0.15) is 33.0 Å². The number of nitro benzene ring substituents is 1. The molecule has 7 nitrogen and oxygen atoms in total. The van der Waals surface area contributed by atoms with E-state index in [4.69, 9.17) is 5.73 Å². The van der Waals surface area contributed by atoms with Crippen LogP contribution in [0.25, 0.3) is 0 Å². The lowest BCUT2D eigenvalue weighted by molar-refractivity contribution is -0.384. The van der Waals surface area contributed by atoms with Gasteiger partial charge in [0.15, 0.2) is 5.78 Å². The van der Waals surface area contributed by atoms with Crippen LogP contribution in [-0.2, 0) is 5.75 Å². The molecule has 0 aliphatic carbocycles. The van der Waals surface area contributed by atoms with E-state index in [0.29, 0.717) is 33.2 Å². The lowest BCUT2D eigenvalue weighted by Gasteiger charge is -2.37. The summed E-state index contributed by atoms with van der Waals surface area (Å²) >= 11 is 1.44. The standard InChI is InChI=1S/C33H26N4O3S/c1-22-15-17-24(18-16-22)31(38)30-29(25-11-8-14-27(19-25)37(39)40)28(20-34)32(35)36(26-12-6-3-7-13-26)33(30)41-21-23-9-4-2-5-10-23/h2-19,29H,21,35H2,1H3. The number of para-hydroxylation sites is 1. The quantitative estimate of drug-likeness (QED) is 0.138. The van der Waals surface area contributed by atoms with E-state index >= 15 is 0 Å². The Kier molecular flexibility index (Phi) is 7.99. The Bertz CT molecular complexity index is 1710. The zero-order chi connectivity index (χ0) is 28.9. The summed E-state index contributed by atoms with van der Waals surface area (Å²) < 4.78 is 0. The van der Waals surface area contributed by atoms with Crippen LogP contribution in [0.15, 0.2) is 131 Å². The van der Waals surface area contributed by atoms with Gasteiger partial charge in [0.05, 0.1) is 27.5 Å². The van der Waals surface area contributed by atoms with Crippen LogP contribution < -0.4 is 10.6 Å². The fourth-order valence-electron chi connectivity index (χ4n) is 4.83. The zero-order valence-corrected chi connectivity index (χ0v) is 23.0. The second-order valence-electron chi connectivity index (χ2n) is 9.56. The number of benzene rings is 4. The molecule has 8 heteroatoms. The van der Waals surface area contributed by atoms with Crippen molar-refractivity contribution < 1.29 is 9.72 Å². The molecule has 4 aromatic rings. The molecule has 2 N–H and O–H groups in total. The molecule has 0 bridgehead atoms. The highest BCUT2D eigenvalue weighted by molar-refractivity contribution is 8.02. The van der Waals surface area contributed by atoms with E-state index in [2.05, 4.69) is 6.07 Å². The Hall–Kier alpha value is -5.13. The molecule has 5 rings (SSSR count). The molecule has 0 aromatic heterocycles. The van der Waals surface area contributed by atoms with E-state index in [0.717, 1.165) is 11.1 Å². The normalized spacial score (nSPS) is 15.0. The minimum absolute atomic E-state index is 0.135. The van der Waals surface area contributed by atoms with Gasteiger partial charge in [0.2, 0.25) is 0 Å². The van der Waals surface area contributed by atoms with Crippen molar-refractivity contribution in [3.05, 3.63) is 164 Å². The Morgan fingerprint density at radius 2 is 1.63 bits per heavy atom. The number of aryl methyl sites for hydroxylation is 1. The Labute approximate surface area is 242 Å². The Balaban J connectivity index is 1.80. The third kappa shape index (κ3) is 5.62. The summed E-state index contributed by atoms with van der Waals surface area (Å²) in [6, 6.07) is 34.7. The molecule has 41 heavy (non-hydrogen) atoms. The number of nitrogens with two attached hydrogens (primary N) is 1. The van der Waals surface area contributed by atoms with Crippen molar-refractivity contribution in [2.24, 2.45) is 5.73 Å². The van der Waals surface area contributed by atoms with Gasteiger partial charge in [0.1, 0.15) is 5.82 Å². The van der Waals surface area contributed by atoms with Gasteiger partial charge in [-0.3, -0.25) is 19.8 Å². The van der Waals surface area contributed by atoms with Crippen molar-refractivity contribution in [2.45, 2.75) is 18.6 Å². The average Bonchev–Trinajstić information content (AvgIpc) is 3.00. The fourth-order valence-corrected chi connectivity index (χ4v) is 6.02. The number of carbonyl (C=O) groups is 1. The minimum Gasteiger partial charge on any atom is -0.384 e. The van der Waals surface area contributed by atoms with Crippen LogP contribution in [0.3, 0.4) is 0 Å². The highest BCUT2D eigenvalue weighted by Crippen LogP contribution is 2.47. The molecule has 0 saturated heterocycles. The number of hydrogen-bond donors (Lipinski definition) is 1. The number of non-ortho nitro benzene ring substituents is 1. The van der Waals surface area contributed by atoms with Crippen LogP contribution in [0.2, 0.25) is 0 Å². The molecule has 0 saturated carbocycles. The van der Waals surface area contributed by atoms with Gasteiger partial charge in [0, 0.05) is 34.7 Å². The summed E-state index contributed by atoms with van der Waals surface area (Å²) in [5, 5.41) is 22.7. The first-order valence-corrected chi connectivity index (χ1v) is 13.9. The highest BCUT2D eigenvalue weighted by atomic mass is 32.2. The van der Waals surface area contributed by atoms with E-state index in [1.807, 2.05) is 79.7 Å². The van der Waals surface area contributed by atoms with Crippen molar-refractivity contribution in [2.75, 3.05) is 4.90 Å². The van der Waals surface area contributed by atoms with Gasteiger partial charge in [-0.2, -0.15) is 5.26 Å². The number of Topliss-reactive ketones (excluding diaryl/α,β-unsaturated/α-hetero) is 1. The molecule has 0 radical (unpaired) electrons. The number of allylic oxidation sites excluding steroid dienone is 2. The van der Waals surface area contributed by atoms with E-state index in [9.17, 15) is 20.2 Å². The van der Waals surface area contributed by atoms with E-state index < -0.39 is 10.8 Å². The molecule has 0 amide bonds. The van der Waals surface area contributed by atoms with Crippen molar-refractivity contribution in [3.8, 4) is 6.07 Å². The summed E-state index contributed by atoms with van der Waals surface area (Å²) in [6.45, 7) is 1.94. The SMILES string of the molecule is Cc1ccc(C(=O)C2=C(SCc3ccccc3)N(c3ccccc3)C(N)=C(C#N)C2c2cccc([N+](=O)[O-])c2)cc1. The maximum atomic E-state index is 14.5. The number of rotatable bonds is 8. The van der Waals surface area contributed by atoms with Crippen molar-refractivity contribution >= 4 is 28.9 Å². The summed E-state index contributed by atoms with van der Waals surface area (Å²) in [5.41, 5.74) is 10.7. The van der Waals surface area contributed by atoms with Gasteiger partial charge in [-0.25, -0.2) is 0 Å². The molecule has 1 unspecified atom stereocenters. The Morgan fingerprint density at radius 1 is 0.976 bits per heavy atom. The molecule has 1 atom stereocenters. The van der Waals surface area contributed by atoms with E-state index in [1.54, 1.807) is 29.2 Å². The fraction of sp³-hybridized carbons (Fsp3) is 0.0909. The number of nitrogens with zero attached hydrogens (tertiary/aromatic N) is 3. The number of nitro groups is 1. The second kappa shape index (κ2) is 11.9. The lowest BCUT2D eigenvalue weighted by atomic mass is 9.79. The predicted octanol–water partition coefficient (Wildman–Crippen LogP) is 7.23. The number of ketones is 1. The molecular weight excluding hydrogens is 532 g/mol. The zero-order valence-electron chi connectivity index (χ0n) is 22.2. The molecule has 4 aromatic carbocycles.